The first-order chi connectivity index (χ1) is 9.22. The molecule has 2 rings (SSSR count). The van der Waals surface area contributed by atoms with Gasteiger partial charge in [0.15, 0.2) is 11.0 Å². The summed E-state index contributed by atoms with van der Waals surface area (Å²) in [6, 6.07) is 0. The Morgan fingerprint density at radius 2 is 2.26 bits per heavy atom. The molecule has 0 radical (unpaired) electrons. The maximum Gasteiger partial charge on any atom is 0.313 e. The molecule has 2 aromatic rings. The van der Waals surface area contributed by atoms with Crippen molar-refractivity contribution in [3.05, 3.63) is 18.6 Å². The van der Waals surface area contributed by atoms with Crippen LogP contribution in [-0.4, -0.2) is 41.6 Å². The summed E-state index contributed by atoms with van der Waals surface area (Å²) in [5.41, 5.74) is 0.630. The van der Waals surface area contributed by atoms with Crippen molar-refractivity contribution in [2.24, 2.45) is 0 Å². The van der Waals surface area contributed by atoms with Gasteiger partial charge in [0.2, 0.25) is 0 Å². The molecule has 0 amide bonds. The minimum atomic E-state index is -0.878. The molecule has 0 unspecified atom stereocenters. The van der Waals surface area contributed by atoms with E-state index in [4.69, 9.17) is 5.11 Å². The van der Waals surface area contributed by atoms with Gasteiger partial charge >= 0.3 is 5.97 Å². The van der Waals surface area contributed by atoms with E-state index in [1.165, 1.54) is 0 Å². The minimum absolute atomic E-state index is 0.0394. The third-order valence-electron chi connectivity index (χ3n) is 2.28. The molecular formula is C11H13N5O2S. The van der Waals surface area contributed by atoms with Crippen molar-refractivity contribution in [1.82, 2.24) is 24.7 Å². The third kappa shape index (κ3) is 3.28. The second-order valence-electron chi connectivity index (χ2n) is 3.73. The number of nitrogens with zero attached hydrogens (tertiary/aromatic N) is 5. The van der Waals surface area contributed by atoms with E-state index in [-0.39, 0.29) is 5.75 Å². The van der Waals surface area contributed by atoms with Gasteiger partial charge in [-0.15, -0.1) is 10.2 Å². The molecular weight excluding hydrogens is 266 g/mol. The third-order valence-corrected chi connectivity index (χ3v) is 3.23. The highest BCUT2D eigenvalue weighted by molar-refractivity contribution is 7.99. The lowest BCUT2D eigenvalue weighted by atomic mass is 10.4. The average Bonchev–Trinajstić information content (AvgIpc) is 2.81. The van der Waals surface area contributed by atoms with Crippen LogP contribution in [0.1, 0.15) is 13.3 Å². The molecule has 0 fully saturated rings. The van der Waals surface area contributed by atoms with Crippen LogP contribution in [0.25, 0.3) is 11.5 Å². The maximum atomic E-state index is 10.6. The van der Waals surface area contributed by atoms with Gasteiger partial charge in [0.05, 0.1) is 11.9 Å². The SMILES string of the molecule is CCCn1c(SCC(=O)O)nnc1-c1cnccn1. The molecule has 2 aromatic heterocycles. The van der Waals surface area contributed by atoms with Gasteiger partial charge in [0.25, 0.3) is 0 Å². The molecule has 0 saturated heterocycles. The average molecular weight is 279 g/mol. The van der Waals surface area contributed by atoms with Crippen LogP contribution in [0, 0.1) is 0 Å². The van der Waals surface area contributed by atoms with Gasteiger partial charge in [0.1, 0.15) is 5.69 Å². The molecule has 8 heteroatoms. The topological polar surface area (TPSA) is 93.8 Å². The highest BCUT2D eigenvalue weighted by Crippen LogP contribution is 2.22. The van der Waals surface area contributed by atoms with Gasteiger partial charge in [-0.05, 0) is 6.42 Å². The van der Waals surface area contributed by atoms with Crippen LogP contribution < -0.4 is 0 Å². The largest absolute Gasteiger partial charge is 0.481 e. The van der Waals surface area contributed by atoms with E-state index in [0.29, 0.717) is 23.2 Å². The Balaban J connectivity index is 2.31. The standard InChI is InChI=1S/C11H13N5O2S/c1-2-5-16-10(8-6-12-3-4-13-8)14-15-11(16)19-7-9(17)18/h3-4,6H,2,5,7H2,1H3,(H,17,18). The summed E-state index contributed by atoms with van der Waals surface area (Å²) in [4.78, 5) is 18.8. The summed E-state index contributed by atoms with van der Waals surface area (Å²) in [7, 11) is 0. The lowest BCUT2D eigenvalue weighted by molar-refractivity contribution is -0.133. The minimum Gasteiger partial charge on any atom is -0.481 e. The smallest absolute Gasteiger partial charge is 0.313 e. The zero-order valence-electron chi connectivity index (χ0n) is 10.4. The Bertz CT molecular complexity index is 557. The van der Waals surface area contributed by atoms with Gasteiger partial charge in [0, 0.05) is 18.9 Å². The number of carboxylic acids is 1. The number of thioether (sulfide) groups is 1. The fraction of sp³-hybridized carbons (Fsp3) is 0.364. The maximum absolute atomic E-state index is 10.6. The van der Waals surface area contributed by atoms with Crippen LogP contribution in [0.5, 0.6) is 0 Å². The zero-order chi connectivity index (χ0) is 13.7. The Labute approximate surface area is 114 Å². The molecule has 0 aromatic carbocycles. The van der Waals surface area contributed by atoms with Gasteiger partial charge in [-0.3, -0.25) is 9.78 Å². The van der Waals surface area contributed by atoms with Gasteiger partial charge in [-0.2, -0.15) is 0 Å². The summed E-state index contributed by atoms with van der Waals surface area (Å²) in [5, 5.41) is 17.4. The van der Waals surface area contributed by atoms with Gasteiger partial charge in [-0.25, -0.2) is 4.98 Å². The molecule has 0 aliphatic heterocycles. The molecule has 0 saturated carbocycles. The summed E-state index contributed by atoms with van der Waals surface area (Å²) < 4.78 is 1.87. The molecule has 100 valence electrons. The van der Waals surface area contributed by atoms with E-state index in [2.05, 4.69) is 20.2 Å². The normalized spacial score (nSPS) is 10.6. The number of carboxylic acid groups (broad SMARTS) is 1. The van der Waals surface area contributed by atoms with Crippen LogP contribution in [0.4, 0.5) is 0 Å². The Hall–Kier alpha value is -1.96. The van der Waals surface area contributed by atoms with Crippen LogP contribution in [0.2, 0.25) is 0 Å². The number of aromatic nitrogens is 5. The fourth-order valence-corrected chi connectivity index (χ4v) is 2.24. The number of rotatable bonds is 6. The molecule has 0 aliphatic carbocycles. The van der Waals surface area contributed by atoms with Gasteiger partial charge < -0.3 is 9.67 Å². The fourth-order valence-electron chi connectivity index (χ4n) is 1.55. The summed E-state index contributed by atoms with van der Waals surface area (Å²) in [6.07, 6.45) is 5.68. The predicted molar refractivity (Wildman–Crippen MR) is 69.7 cm³/mol. The van der Waals surface area contributed by atoms with Crippen molar-refractivity contribution >= 4 is 17.7 Å². The van der Waals surface area contributed by atoms with Crippen LogP contribution in [0.3, 0.4) is 0 Å². The number of hydrogen-bond acceptors (Lipinski definition) is 6. The first kappa shape index (κ1) is 13.5. The van der Waals surface area contributed by atoms with Crippen molar-refractivity contribution in [3.63, 3.8) is 0 Å². The van der Waals surface area contributed by atoms with Crippen LogP contribution >= 0.6 is 11.8 Å². The highest BCUT2D eigenvalue weighted by atomic mass is 32.2. The Kier molecular flexibility index (Phi) is 4.45. The second-order valence-corrected chi connectivity index (χ2v) is 4.67. The van der Waals surface area contributed by atoms with Crippen LogP contribution in [-0.2, 0) is 11.3 Å². The molecule has 0 spiro atoms. The summed E-state index contributed by atoms with van der Waals surface area (Å²) in [6.45, 7) is 2.74. The quantitative estimate of drug-likeness (QED) is 0.797. The van der Waals surface area contributed by atoms with Crippen molar-refractivity contribution in [3.8, 4) is 11.5 Å². The van der Waals surface area contributed by atoms with Crippen molar-refractivity contribution in [2.45, 2.75) is 25.0 Å². The second kappa shape index (κ2) is 6.28. The van der Waals surface area contributed by atoms with E-state index < -0.39 is 5.97 Å². The van der Waals surface area contributed by atoms with Crippen molar-refractivity contribution < 1.29 is 9.90 Å². The zero-order valence-corrected chi connectivity index (χ0v) is 11.2. The Morgan fingerprint density at radius 3 is 2.89 bits per heavy atom. The van der Waals surface area contributed by atoms with Crippen molar-refractivity contribution in [2.75, 3.05) is 5.75 Å². The number of hydrogen-bond donors (Lipinski definition) is 1. The summed E-state index contributed by atoms with van der Waals surface area (Å²) >= 11 is 1.15. The van der Waals surface area contributed by atoms with Gasteiger partial charge in [-0.1, -0.05) is 18.7 Å². The lowest BCUT2D eigenvalue weighted by Crippen LogP contribution is -2.05. The number of aliphatic carboxylic acids is 1. The Morgan fingerprint density at radius 1 is 1.42 bits per heavy atom. The number of carbonyl (C=O) groups is 1. The molecule has 1 N–H and O–H groups in total. The van der Waals surface area contributed by atoms with Crippen LogP contribution in [0.15, 0.2) is 23.7 Å². The highest BCUT2D eigenvalue weighted by Gasteiger charge is 2.15. The monoisotopic (exact) mass is 279 g/mol. The molecule has 0 atom stereocenters. The van der Waals surface area contributed by atoms with Crippen molar-refractivity contribution in [1.29, 1.82) is 0 Å². The van der Waals surface area contributed by atoms with E-state index in [1.54, 1.807) is 18.6 Å². The first-order valence-corrected chi connectivity index (χ1v) is 6.75. The summed E-state index contributed by atoms with van der Waals surface area (Å²) in [5.74, 6) is -0.303. The van der Waals surface area contributed by atoms with E-state index in [1.807, 2.05) is 11.5 Å². The first-order valence-electron chi connectivity index (χ1n) is 5.76. The molecule has 0 bridgehead atoms. The van der Waals surface area contributed by atoms with E-state index in [0.717, 1.165) is 18.2 Å². The molecule has 7 nitrogen and oxygen atoms in total. The predicted octanol–water partition coefficient (Wildman–Crippen LogP) is 1.32. The molecule has 19 heavy (non-hydrogen) atoms. The van der Waals surface area contributed by atoms with E-state index in [9.17, 15) is 4.79 Å². The molecule has 2 heterocycles. The molecule has 0 aliphatic rings. The van der Waals surface area contributed by atoms with E-state index >= 15 is 0 Å². The lowest BCUT2D eigenvalue weighted by Gasteiger charge is -2.07.